The molecule has 0 aromatic heterocycles. The zero-order valence-corrected chi connectivity index (χ0v) is 13.9. The van der Waals surface area contributed by atoms with Gasteiger partial charge in [-0.05, 0) is 31.7 Å². The molecule has 2 rings (SSSR count). The van der Waals surface area contributed by atoms with Gasteiger partial charge in [0.15, 0.2) is 0 Å². The van der Waals surface area contributed by atoms with Crippen LogP contribution in [0.15, 0.2) is 30.3 Å². The molecule has 1 amide bonds. The van der Waals surface area contributed by atoms with E-state index in [0.29, 0.717) is 6.61 Å². The predicted molar refractivity (Wildman–Crippen MR) is 88.7 cm³/mol. The van der Waals surface area contributed by atoms with E-state index < -0.39 is 24.0 Å². The van der Waals surface area contributed by atoms with Gasteiger partial charge in [-0.1, -0.05) is 30.3 Å². The molecule has 1 aromatic carbocycles. The van der Waals surface area contributed by atoms with Gasteiger partial charge < -0.3 is 19.9 Å². The Morgan fingerprint density at radius 1 is 1.33 bits per heavy atom. The van der Waals surface area contributed by atoms with Gasteiger partial charge in [0.05, 0.1) is 12.7 Å². The van der Waals surface area contributed by atoms with E-state index in [1.165, 1.54) is 0 Å². The van der Waals surface area contributed by atoms with E-state index >= 15 is 0 Å². The molecule has 1 aromatic rings. The summed E-state index contributed by atoms with van der Waals surface area (Å²) in [5, 5.41) is 11.9. The summed E-state index contributed by atoms with van der Waals surface area (Å²) in [6.45, 7) is 2.71. The van der Waals surface area contributed by atoms with Crippen LogP contribution < -0.4 is 5.32 Å². The lowest BCUT2D eigenvalue weighted by molar-refractivity contribution is -0.145. The van der Waals surface area contributed by atoms with E-state index in [-0.39, 0.29) is 12.5 Å². The Labute approximate surface area is 142 Å². The third-order valence-electron chi connectivity index (χ3n) is 4.07. The highest BCUT2D eigenvalue weighted by atomic mass is 16.5. The molecule has 1 aliphatic rings. The second-order valence-electron chi connectivity index (χ2n) is 6.05. The van der Waals surface area contributed by atoms with Crippen LogP contribution in [0.4, 0.5) is 0 Å². The zero-order valence-electron chi connectivity index (χ0n) is 13.9. The summed E-state index contributed by atoms with van der Waals surface area (Å²) < 4.78 is 11.1. The number of ether oxygens (including phenoxy) is 2. The zero-order chi connectivity index (χ0) is 17.4. The van der Waals surface area contributed by atoms with Crippen molar-refractivity contribution < 1.29 is 24.2 Å². The van der Waals surface area contributed by atoms with Crippen molar-refractivity contribution in [1.29, 1.82) is 0 Å². The normalized spacial score (nSPS) is 20.1. The smallest absolute Gasteiger partial charge is 0.326 e. The average Bonchev–Trinajstić information content (AvgIpc) is 2.60. The highest BCUT2D eigenvalue weighted by Gasteiger charge is 2.24. The Kier molecular flexibility index (Phi) is 7.21. The van der Waals surface area contributed by atoms with Crippen LogP contribution in [0.2, 0.25) is 0 Å². The van der Waals surface area contributed by atoms with Gasteiger partial charge in [0.1, 0.15) is 12.1 Å². The Morgan fingerprint density at radius 3 is 2.71 bits per heavy atom. The first-order valence-electron chi connectivity index (χ1n) is 8.36. The second-order valence-corrected chi connectivity index (χ2v) is 6.05. The van der Waals surface area contributed by atoms with Crippen molar-refractivity contribution in [1.82, 2.24) is 5.32 Å². The molecule has 3 unspecified atom stereocenters. The van der Waals surface area contributed by atoms with Crippen LogP contribution in [0.1, 0.15) is 31.7 Å². The number of carboxylic acids is 1. The number of nitrogens with one attached hydrogen (secondary N) is 1. The van der Waals surface area contributed by atoms with Crippen molar-refractivity contribution in [3.8, 4) is 0 Å². The number of aliphatic carboxylic acids is 1. The summed E-state index contributed by atoms with van der Waals surface area (Å²) in [6.07, 6.45) is 2.64. The van der Waals surface area contributed by atoms with Gasteiger partial charge in [-0.3, -0.25) is 4.79 Å². The molecule has 0 spiro atoms. The van der Waals surface area contributed by atoms with Gasteiger partial charge in [0.2, 0.25) is 5.91 Å². The molecule has 24 heavy (non-hydrogen) atoms. The molecular formula is C18H25NO5. The summed E-state index contributed by atoms with van der Waals surface area (Å²) in [7, 11) is 0. The maximum Gasteiger partial charge on any atom is 0.326 e. The van der Waals surface area contributed by atoms with Gasteiger partial charge >= 0.3 is 5.97 Å². The van der Waals surface area contributed by atoms with Crippen LogP contribution in [0.5, 0.6) is 0 Å². The second kappa shape index (κ2) is 9.39. The summed E-state index contributed by atoms with van der Waals surface area (Å²) in [4.78, 5) is 23.6. The molecule has 2 N–H and O–H groups in total. The van der Waals surface area contributed by atoms with E-state index in [4.69, 9.17) is 9.47 Å². The molecule has 0 radical (unpaired) electrons. The summed E-state index contributed by atoms with van der Waals surface area (Å²) in [5.74, 6) is -1.48. The van der Waals surface area contributed by atoms with Crippen molar-refractivity contribution in [2.45, 2.75) is 50.9 Å². The fourth-order valence-electron chi connectivity index (χ4n) is 2.61. The van der Waals surface area contributed by atoms with Crippen molar-refractivity contribution in [3.63, 3.8) is 0 Å². The number of benzene rings is 1. The first-order chi connectivity index (χ1) is 11.6. The van der Waals surface area contributed by atoms with Crippen LogP contribution in [0, 0.1) is 0 Å². The molecule has 0 bridgehead atoms. The third kappa shape index (κ3) is 5.94. The fraction of sp³-hybridized carbons (Fsp3) is 0.556. The van der Waals surface area contributed by atoms with Crippen molar-refractivity contribution in [2.75, 3.05) is 13.2 Å². The molecule has 1 fully saturated rings. The number of hydrogen-bond donors (Lipinski definition) is 2. The van der Waals surface area contributed by atoms with Crippen LogP contribution in [-0.2, 0) is 25.5 Å². The summed E-state index contributed by atoms with van der Waals surface area (Å²) in [5.41, 5.74) is 0.856. The van der Waals surface area contributed by atoms with Gasteiger partial charge in [0, 0.05) is 13.0 Å². The molecule has 1 saturated heterocycles. The van der Waals surface area contributed by atoms with E-state index in [1.807, 2.05) is 30.3 Å². The number of rotatable bonds is 8. The lowest BCUT2D eigenvalue weighted by atomic mass is 10.1. The first-order valence-corrected chi connectivity index (χ1v) is 8.36. The maximum atomic E-state index is 12.2. The first kappa shape index (κ1) is 18.4. The minimum atomic E-state index is -1.06. The van der Waals surface area contributed by atoms with Crippen molar-refractivity contribution >= 4 is 11.9 Å². The number of amides is 1. The monoisotopic (exact) mass is 335 g/mol. The molecule has 132 valence electrons. The fourth-order valence-corrected chi connectivity index (χ4v) is 2.61. The van der Waals surface area contributed by atoms with Gasteiger partial charge in [-0.15, -0.1) is 0 Å². The van der Waals surface area contributed by atoms with E-state index in [2.05, 4.69) is 5.32 Å². The molecule has 0 saturated carbocycles. The van der Waals surface area contributed by atoms with Crippen LogP contribution in [-0.4, -0.2) is 48.4 Å². The molecule has 3 atom stereocenters. The van der Waals surface area contributed by atoms with Crippen LogP contribution >= 0.6 is 0 Å². The minimum absolute atomic E-state index is 0.0218. The lowest BCUT2D eigenvalue weighted by Gasteiger charge is -2.24. The Bertz CT molecular complexity index is 527. The third-order valence-corrected chi connectivity index (χ3v) is 4.07. The molecule has 1 aliphatic heterocycles. The van der Waals surface area contributed by atoms with E-state index in [9.17, 15) is 14.7 Å². The number of carboxylic acid groups (broad SMARTS) is 1. The van der Waals surface area contributed by atoms with Gasteiger partial charge in [-0.2, -0.15) is 0 Å². The van der Waals surface area contributed by atoms with E-state index in [1.54, 1.807) is 6.92 Å². The average molecular weight is 335 g/mol. The van der Waals surface area contributed by atoms with Gasteiger partial charge in [-0.25, -0.2) is 4.79 Å². The maximum absolute atomic E-state index is 12.2. The highest BCUT2D eigenvalue weighted by Crippen LogP contribution is 2.13. The Balaban J connectivity index is 1.81. The van der Waals surface area contributed by atoms with Crippen LogP contribution in [0.25, 0.3) is 0 Å². The Hall–Kier alpha value is -1.92. The summed E-state index contributed by atoms with van der Waals surface area (Å²) >= 11 is 0. The number of hydrogen-bond acceptors (Lipinski definition) is 4. The van der Waals surface area contributed by atoms with Gasteiger partial charge in [0.25, 0.3) is 0 Å². The molecule has 6 nitrogen and oxygen atoms in total. The Morgan fingerprint density at radius 2 is 2.08 bits per heavy atom. The number of carbonyl (C=O) groups excluding carboxylic acids is 1. The molecule has 1 heterocycles. The predicted octanol–water partition coefficient (Wildman–Crippen LogP) is 1.77. The topological polar surface area (TPSA) is 84.9 Å². The largest absolute Gasteiger partial charge is 0.480 e. The quantitative estimate of drug-likeness (QED) is 0.756. The lowest BCUT2D eigenvalue weighted by Crippen LogP contribution is -2.47. The molecule has 0 aliphatic carbocycles. The van der Waals surface area contributed by atoms with Crippen molar-refractivity contribution in [2.24, 2.45) is 0 Å². The number of carbonyl (C=O) groups is 2. The van der Waals surface area contributed by atoms with Crippen molar-refractivity contribution in [3.05, 3.63) is 35.9 Å². The summed E-state index contributed by atoms with van der Waals surface area (Å²) in [6, 6.07) is 8.24. The SMILES string of the molecule is CC(OCC1CCCCO1)C(=O)NC(Cc1ccccc1)C(=O)O. The standard InChI is InChI=1S/C18H25NO5/c1-13(24-12-15-9-5-6-10-23-15)17(20)19-16(18(21)22)11-14-7-3-2-4-8-14/h2-4,7-8,13,15-16H,5-6,9-12H2,1H3,(H,19,20)(H,21,22). The van der Waals surface area contributed by atoms with Crippen LogP contribution in [0.3, 0.4) is 0 Å². The molecule has 6 heteroatoms. The highest BCUT2D eigenvalue weighted by molar-refractivity contribution is 5.86. The molecular weight excluding hydrogens is 310 g/mol. The van der Waals surface area contributed by atoms with E-state index in [0.717, 1.165) is 31.4 Å². The minimum Gasteiger partial charge on any atom is -0.480 e.